The van der Waals surface area contributed by atoms with E-state index >= 15 is 0 Å². The zero-order valence-electron chi connectivity index (χ0n) is 11.8. The second-order valence-corrected chi connectivity index (χ2v) is 6.73. The van der Waals surface area contributed by atoms with Gasteiger partial charge in [0.2, 0.25) is 5.91 Å². The molecule has 0 saturated heterocycles. The maximum absolute atomic E-state index is 12.5. The fourth-order valence-electron chi connectivity index (χ4n) is 2.73. The van der Waals surface area contributed by atoms with Crippen LogP contribution in [0.1, 0.15) is 37.5 Å². The highest BCUT2D eigenvalue weighted by molar-refractivity contribution is 7.09. The minimum absolute atomic E-state index is 0.190. The van der Waals surface area contributed by atoms with Crippen LogP contribution < -0.4 is 5.73 Å². The summed E-state index contributed by atoms with van der Waals surface area (Å²) in [4.78, 5) is 15.7. The van der Waals surface area contributed by atoms with E-state index < -0.39 is 0 Å². The van der Waals surface area contributed by atoms with Gasteiger partial charge in [-0.3, -0.25) is 4.79 Å². The zero-order valence-corrected chi connectivity index (χ0v) is 12.7. The Morgan fingerprint density at radius 1 is 1.47 bits per heavy atom. The van der Waals surface area contributed by atoms with Gasteiger partial charge in [0, 0.05) is 36.3 Å². The van der Waals surface area contributed by atoms with Crippen LogP contribution in [-0.4, -0.2) is 29.9 Å². The number of carbonyl (C=O) groups excluding carboxylic acids is 1. The van der Waals surface area contributed by atoms with Crippen LogP contribution in [0.2, 0.25) is 0 Å². The van der Waals surface area contributed by atoms with Crippen LogP contribution in [0.25, 0.3) is 0 Å². The lowest BCUT2D eigenvalue weighted by atomic mass is 9.85. The molecule has 0 spiro atoms. The van der Waals surface area contributed by atoms with Crippen LogP contribution in [0.5, 0.6) is 0 Å². The van der Waals surface area contributed by atoms with Gasteiger partial charge in [0.1, 0.15) is 0 Å². The molecule has 0 bridgehead atoms. The maximum Gasteiger partial charge on any atom is 0.225 e. The van der Waals surface area contributed by atoms with Crippen molar-refractivity contribution < 1.29 is 4.79 Å². The molecule has 4 heteroatoms. The van der Waals surface area contributed by atoms with Gasteiger partial charge in [0.05, 0.1) is 0 Å². The second kappa shape index (κ2) is 6.53. The van der Waals surface area contributed by atoms with Crippen molar-refractivity contribution in [3.8, 4) is 0 Å². The number of nitrogens with zero attached hydrogens (tertiary/aromatic N) is 1. The molecule has 2 rings (SSSR count). The highest BCUT2D eigenvalue weighted by atomic mass is 32.1. The van der Waals surface area contributed by atoms with Crippen molar-refractivity contribution >= 4 is 17.2 Å². The number of hydrogen-bond acceptors (Lipinski definition) is 3. The Morgan fingerprint density at radius 3 is 2.74 bits per heavy atom. The molecular weight excluding hydrogens is 256 g/mol. The van der Waals surface area contributed by atoms with E-state index in [1.165, 1.54) is 4.88 Å². The van der Waals surface area contributed by atoms with Crippen molar-refractivity contribution in [2.24, 2.45) is 11.7 Å². The Labute approximate surface area is 119 Å². The van der Waals surface area contributed by atoms with Crippen molar-refractivity contribution in [1.29, 1.82) is 0 Å². The molecule has 1 amide bonds. The lowest BCUT2D eigenvalue weighted by Gasteiger charge is -2.32. The molecule has 2 N–H and O–H groups in total. The largest absolute Gasteiger partial charge is 0.342 e. The van der Waals surface area contributed by atoms with Crippen molar-refractivity contribution in [2.75, 3.05) is 7.05 Å². The summed E-state index contributed by atoms with van der Waals surface area (Å²) in [6, 6.07) is 4.77. The molecule has 0 aliphatic heterocycles. The SMILES string of the molecule is CC(Cc1cccs1)N(C)C(=O)C1CCC(N)CC1. The molecule has 1 saturated carbocycles. The Kier molecular flexibility index (Phi) is 4.99. The molecule has 1 aliphatic rings. The maximum atomic E-state index is 12.5. The van der Waals surface area contributed by atoms with Crippen molar-refractivity contribution in [1.82, 2.24) is 4.90 Å². The van der Waals surface area contributed by atoms with Gasteiger partial charge < -0.3 is 10.6 Å². The van der Waals surface area contributed by atoms with Crippen LogP contribution in [-0.2, 0) is 11.2 Å². The quantitative estimate of drug-likeness (QED) is 0.921. The Morgan fingerprint density at radius 2 is 2.16 bits per heavy atom. The third-order valence-corrected chi connectivity index (χ3v) is 5.11. The fourth-order valence-corrected chi connectivity index (χ4v) is 3.55. The molecule has 1 aromatic heterocycles. The third-order valence-electron chi connectivity index (χ3n) is 4.21. The fraction of sp³-hybridized carbons (Fsp3) is 0.667. The lowest BCUT2D eigenvalue weighted by Crippen LogP contribution is -2.42. The van der Waals surface area contributed by atoms with E-state index in [2.05, 4.69) is 24.4 Å². The highest BCUT2D eigenvalue weighted by Crippen LogP contribution is 2.25. The Bertz CT molecular complexity index is 396. The number of hydrogen-bond donors (Lipinski definition) is 1. The van der Waals surface area contributed by atoms with Gasteiger partial charge in [-0.25, -0.2) is 0 Å². The van der Waals surface area contributed by atoms with Crippen LogP contribution in [0.4, 0.5) is 0 Å². The molecular formula is C15H24N2OS. The molecule has 1 heterocycles. The van der Waals surface area contributed by atoms with Crippen molar-refractivity contribution in [3.05, 3.63) is 22.4 Å². The van der Waals surface area contributed by atoms with E-state index in [4.69, 9.17) is 5.73 Å². The first kappa shape index (κ1) is 14.5. The molecule has 19 heavy (non-hydrogen) atoms. The van der Waals surface area contributed by atoms with E-state index in [9.17, 15) is 4.79 Å². The average Bonchev–Trinajstić information content (AvgIpc) is 2.90. The standard InChI is InChI=1S/C15H24N2OS/c1-11(10-14-4-3-9-19-14)17(2)15(18)12-5-7-13(16)8-6-12/h3-4,9,11-13H,5-8,10,16H2,1-2H3. The lowest BCUT2D eigenvalue weighted by molar-refractivity contribution is -0.137. The summed E-state index contributed by atoms with van der Waals surface area (Å²) in [7, 11) is 1.94. The number of likely N-dealkylation sites (N-methyl/N-ethyl adjacent to an activating group) is 1. The van der Waals surface area contributed by atoms with E-state index in [1.807, 2.05) is 11.9 Å². The van der Waals surface area contributed by atoms with E-state index in [-0.39, 0.29) is 12.0 Å². The molecule has 1 atom stereocenters. The first-order valence-electron chi connectivity index (χ1n) is 7.12. The summed E-state index contributed by atoms with van der Waals surface area (Å²) in [6.45, 7) is 2.13. The van der Waals surface area contributed by atoms with Crippen LogP contribution >= 0.6 is 11.3 Å². The summed E-state index contributed by atoms with van der Waals surface area (Å²) < 4.78 is 0. The minimum atomic E-state index is 0.190. The predicted molar refractivity (Wildman–Crippen MR) is 80.2 cm³/mol. The number of rotatable bonds is 4. The van der Waals surface area contributed by atoms with Gasteiger partial charge in [-0.15, -0.1) is 11.3 Å². The monoisotopic (exact) mass is 280 g/mol. The van der Waals surface area contributed by atoms with Gasteiger partial charge in [-0.2, -0.15) is 0 Å². The Hall–Kier alpha value is -0.870. The second-order valence-electron chi connectivity index (χ2n) is 5.69. The summed E-state index contributed by atoms with van der Waals surface area (Å²) >= 11 is 1.76. The van der Waals surface area contributed by atoms with E-state index in [0.29, 0.717) is 11.9 Å². The smallest absolute Gasteiger partial charge is 0.225 e. The van der Waals surface area contributed by atoms with Gasteiger partial charge in [-0.05, 0) is 44.1 Å². The summed E-state index contributed by atoms with van der Waals surface area (Å²) in [6.07, 6.45) is 4.84. The summed E-state index contributed by atoms with van der Waals surface area (Å²) in [5, 5.41) is 2.09. The normalized spacial score (nSPS) is 25.0. The minimum Gasteiger partial charge on any atom is -0.342 e. The molecule has 106 valence electrons. The summed E-state index contributed by atoms with van der Waals surface area (Å²) in [5.74, 6) is 0.492. The predicted octanol–water partition coefficient (Wildman–Crippen LogP) is 2.66. The summed E-state index contributed by atoms with van der Waals surface area (Å²) in [5.41, 5.74) is 5.90. The number of amides is 1. The van der Waals surface area contributed by atoms with Crippen molar-refractivity contribution in [2.45, 2.75) is 51.1 Å². The third kappa shape index (κ3) is 3.80. The van der Waals surface area contributed by atoms with E-state index in [0.717, 1.165) is 32.1 Å². The number of nitrogens with two attached hydrogens (primary N) is 1. The van der Waals surface area contributed by atoms with Gasteiger partial charge in [-0.1, -0.05) is 6.07 Å². The molecule has 1 aromatic rings. The van der Waals surface area contributed by atoms with E-state index in [1.54, 1.807) is 11.3 Å². The molecule has 0 aromatic carbocycles. The number of thiophene rings is 1. The molecule has 1 aliphatic carbocycles. The van der Waals surface area contributed by atoms with Crippen LogP contribution in [0, 0.1) is 5.92 Å². The highest BCUT2D eigenvalue weighted by Gasteiger charge is 2.28. The first-order chi connectivity index (χ1) is 9.08. The molecule has 3 nitrogen and oxygen atoms in total. The molecule has 0 radical (unpaired) electrons. The first-order valence-corrected chi connectivity index (χ1v) is 8.00. The molecule has 1 unspecified atom stereocenters. The van der Waals surface area contributed by atoms with Crippen LogP contribution in [0.15, 0.2) is 17.5 Å². The van der Waals surface area contributed by atoms with Gasteiger partial charge in [0.15, 0.2) is 0 Å². The van der Waals surface area contributed by atoms with Gasteiger partial charge in [0.25, 0.3) is 0 Å². The average molecular weight is 280 g/mol. The number of carbonyl (C=O) groups is 1. The topological polar surface area (TPSA) is 46.3 Å². The molecule has 1 fully saturated rings. The van der Waals surface area contributed by atoms with Gasteiger partial charge >= 0.3 is 0 Å². The Balaban J connectivity index is 1.87. The zero-order chi connectivity index (χ0) is 13.8. The van der Waals surface area contributed by atoms with Crippen molar-refractivity contribution in [3.63, 3.8) is 0 Å². The van der Waals surface area contributed by atoms with Crippen LogP contribution in [0.3, 0.4) is 0 Å².